The number of amides is 2. The van der Waals surface area contributed by atoms with Gasteiger partial charge in [-0.15, -0.1) is 0 Å². The van der Waals surface area contributed by atoms with Gasteiger partial charge in [-0.3, -0.25) is 24.6 Å². The normalized spacial score (nSPS) is 18.2. The highest BCUT2D eigenvalue weighted by Crippen LogP contribution is 2.32. The number of nitrogens with zero attached hydrogens (tertiary/aromatic N) is 2. The second kappa shape index (κ2) is 14.2. The average Bonchev–Trinajstić information content (AvgIpc) is 3.14. The Balaban J connectivity index is 2.07. The fraction of sp³-hybridized carbons (Fsp3) is 0.500. The number of carboxylic acids is 2. The summed E-state index contributed by atoms with van der Waals surface area (Å²) in [6.45, 7) is 4.97. The molecule has 0 aliphatic carbocycles. The van der Waals surface area contributed by atoms with Crippen molar-refractivity contribution in [3.8, 4) is 0 Å². The Morgan fingerprint density at radius 2 is 1.64 bits per heavy atom. The third-order valence-corrected chi connectivity index (χ3v) is 6.94. The molecule has 1 aliphatic rings. The molecule has 1 saturated heterocycles. The van der Waals surface area contributed by atoms with Gasteiger partial charge >= 0.3 is 11.9 Å². The highest BCUT2D eigenvalue weighted by Gasteiger charge is 2.40. The molecule has 1 aliphatic heterocycles. The zero-order chi connectivity index (χ0) is 26.7. The van der Waals surface area contributed by atoms with Gasteiger partial charge in [-0.25, -0.2) is 0 Å². The van der Waals surface area contributed by atoms with Gasteiger partial charge in [0.15, 0.2) is 5.17 Å². The number of benzene rings is 1. The van der Waals surface area contributed by atoms with Crippen molar-refractivity contribution in [2.75, 3.05) is 19.6 Å². The quantitative estimate of drug-likeness (QED) is 0.149. The van der Waals surface area contributed by atoms with E-state index in [-0.39, 0.29) is 37.2 Å². The molecule has 0 aromatic heterocycles. The van der Waals surface area contributed by atoms with E-state index >= 15 is 0 Å². The van der Waals surface area contributed by atoms with Crippen molar-refractivity contribution in [2.45, 2.75) is 57.2 Å². The van der Waals surface area contributed by atoms with Gasteiger partial charge in [-0.2, -0.15) is 4.99 Å². The van der Waals surface area contributed by atoms with E-state index in [1.165, 1.54) is 11.8 Å². The first-order chi connectivity index (χ1) is 17.1. The van der Waals surface area contributed by atoms with Gasteiger partial charge in [0.2, 0.25) is 5.91 Å². The summed E-state index contributed by atoms with van der Waals surface area (Å²) >= 11 is 1.20. The Labute approximate surface area is 214 Å². The first-order valence-corrected chi connectivity index (χ1v) is 12.7. The second-order valence-corrected chi connectivity index (χ2v) is 9.45. The van der Waals surface area contributed by atoms with Crippen LogP contribution in [0.15, 0.2) is 29.3 Å². The molecule has 1 aromatic rings. The summed E-state index contributed by atoms with van der Waals surface area (Å²) in [6, 6.07) is 6.18. The molecule has 0 bridgehead atoms. The summed E-state index contributed by atoms with van der Waals surface area (Å²) in [6.07, 6.45) is 2.05. The van der Waals surface area contributed by atoms with Crippen LogP contribution < -0.4 is 10.6 Å². The second-order valence-electron chi connectivity index (χ2n) is 8.34. The lowest BCUT2D eigenvalue weighted by atomic mass is 10.1. The van der Waals surface area contributed by atoms with Crippen LogP contribution in [0.3, 0.4) is 0 Å². The molecule has 0 saturated carbocycles. The molecule has 11 nitrogen and oxygen atoms in total. The van der Waals surface area contributed by atoms with E-state index in [0.29, 0.717) is 35.8 Å². The number of hydrogen-bond acceptors (Lipinski definition) is 6. The molecule has 1 aromatic carbocycles. The van der Waals surface area contributed by atoms with E-state index in [2.05, 4.69) is 15.6 Å². The maximum absolute atomic E-state index is 12.9. The van der Waals surface area contributed by atoms with Crippen LogP contribution in [0.5, 0.6) is 0 Å². The molecular weight excluding hydrogens is 486 g/mol. The van der Waals surface area contributed by atoms with E-state index in [4.69, 9.17) is 15.6 Å². The molecular formula is C24H33N5O6S. The van der Waals surface area contributed by atoms with Gasteiger partial charge in [0.1, 0.15) is 11.1 Å². The predicted molar refractivity (Wildman–Crippen MR) is 138 cm³/mol. The molecule has 1 heterocycles. The summed E-state index contributed by atoms with van der Waals surface area (Å²) in [5, 5.41) is 31.0. The fourth-order valence-electron chi connectivity index (χ4n) is 3.49. The maximum Gasteiger partial charge on any atom is 0.305 e. The molecule has 2 amide bonds. The molecule has 1 fully saturated rings. The Bertz CT molecular complexity index is 997. The lowest BCUT2D eigenvalue weighted by Gasteiger charge is -2.24. The van der Waals surface area contributed by atoms with Gasteiger partial charge in [-0.1, -0.05) is 37.2 Å². The van der Waals surface area contributed by atoms with Crippen molar-refractivity contribution >= 4 is 46.5 Å². The zero-order valence-corrected chi connectivity index (χ0v) is 21.3. The molecule has 196 valence electrons. The largest absolute Gasteiger partial charge is 0.481 e. The highest BCUT2D eigenvalue weighted by molar-refractivity contribution is 8.15. The number of rotatable bonds is 13. The summed E-state index contributed by atoms with van der Waals surface area (Å²) in [5.41, 5.74) is 0.893. The first kappa shape index (κ1) is 28.8. The van der Waals surface area contributed by atoms with Gasteiger partial charge in [0.05, 0.1) is 6.42 Å². The van der Waals surface area contributed by atoms with E-state index in [1.54, 1.807) is 24.3 Å². The molecule has 2 rings (SSSR count). The number of nitrogens with one attached hydrogen (secondary N) is 3. The van der Waals surface area contributed by atoms with Gasteiger partial charge in [0, 0.05) is 43.2 Å². The Kier molecular flexibility index (Phi) is 11.4. The number of carbonyl (C=O) groups excluding carboxylic acids is 2. The number of carbonyl (C=O) groups is 4. The van der Waals surface area contributed by atoms with Crippen LogP contribution in [0.2, 0.25) is 0 Å². The maximum atomic E-state index is 12.9. The molecule has 0 radical (unpaired) electrons. The minimum atomic E-state index is -0.991. The third kappa shape index (κ3) is 8.67. The zero-order valence-electron chi connectivity index (χ0n) is 20.5. The van der Waals surface area contributed by atoms with Crippen LogP contribution in [0.25, 0.3) is 0 Å². The summed E-state index contributed by atoms with van der Waals surface area (Å²) in [7, 11) is 0. The van der Waals surface area contributed by atoms with Crippen molar-refractivity contribution in [1.29, 1.82) is 5.41 Å². The fourth-order valence-corrected chi connectivity index (χ4v) is 4.78. The van der Waals surface area contributed by atoms with Crippen molar-refractivity contribution in [2.24, 2.45) is 4.99 Å². The standard InChI is InChI=1S/C24H33N5O6S/c1-3-4-14-29-15(2)20(23(35)27-13-11-19(32)33)36-24(29)28-22(34)17-9-7-16(8-10-17)21(25)26-12-5-6-18(30)31/h7-10,15,20H,3-6,11-14H2,1-2H3,(H2,25,26)(H,27,35)(H,30,31)(H,32,33). The number of carboxylic acid groups (broad SMARTS) is 2. The SMILES string of the molecule is CCCCN1C(=NC(=O)c2ccc(C(=N)NCCCC(=O)O)cc2)SC(C(=O)NCCC(=O)O)C1C. The van der Waals surface area contributed by atoms with Crippen LogP contribution in [-0.4, -0.2) is 80.8 Å². The van der Waals surface area contributed by atoms with Crippen molar-refractivity contribution in [1.82, 2.24) is 15.5 Å². The first-order valence-electron chi connectivity index (χ1n) is 11.8. The summed E-state index contributed by atoms with van der Waals surface area (Å²) in [5.74, 6) is -2.50. The number of aliphatic imine (C=N–C) groups is 1. The minimum absolute atomic E-state index is 0.0187. The topological polar surface area (TPSA) is 172 Å². The van der Waals surface area contributed by atoms with E-state index in [9.17, 15) is 19.2 Å². The average molecular weight is 520 g/mol. The molecule has 2 atom stereocenters. The lowest BCUT2D eigenvalue weighted by Crippen LogP contribution is -2.43. The molecule has 0 spiro atoms. The lowest BCUT2D eigenvalue weighted by molar-refractivity contribution is -0.138. The molecule has 2 unspecified atom stereocenters. The molecule has 5 N–H and O–H groups in total. The molecule has 36 heavy (non-hydrogen) atoms. The summed E-state index contributed by atoms with van der Waals surface area (Å²) < 4.78 is 0. The number of thioether (sulfide) groups is 1. The van der Waals surface area contributed by atoms with Crippen molar-refractivity contribution in [3.05, 3.63) is 35.4 Å². The van der Waals surface area contributed by atoms with Crippen molar-refractivity contribution in [3.63, 3.8) is 0 Å². The van der Waals surface area contributed by atoms with Gasteiger partial charge in [0.25, 0.3) is 5.91 Å². The number of amidine groups is 2. The third-order valence-electron chi connectivity index (χ3n) is 5.54. The smallest absolute Gasteiger partial charge is 0.305 e. The Morgan fingerprint density at radius 3 is 2.25 bits per heavy atom. The van der Waals surface area contributed by atoms with Crippen molar-refractivity contribution < 1.29 is 29.4 Å². The number of hydrogen-bond donors (Lipinski definition) is 5. The minimum Gasteiger partial charge on any atom is -0.481 e. The van der Waals surface area contributed by atoms with Crippen LogP contribution in [0.4, 0.5) is 0 Å². The van der Waals surface area contributed by atoms with Gasteiger partial charge in [-0.05, 0) is 31.9 Å². The number of aliphatic carboxylic acids is 2. The van der Waals surface area contributed by atoms with E-state index < -0.39 is 23.1 Å². The Hall–Kier alpha value is -3.41. The summed E-state index contributed by atoms with van der Waals surface area (Å²) in [4.78, 5) is 53.1. The van der Waals surface area contributed by atoms with Crippen LogP contribution >= 0.6 is 11.8 Å². The van der Waals surface area contributed by atoms with Crippen LogP contribution in [0.1, 0.15) is 61.9 Å². The van der Waals surface area contributed by atoms with Crippen LogP contribution in [0, 0.1) is 5.41 Å². The van der Waals surface area contributed by atoms with E-state index in [0.717, 1.165) is 12.8 Å². The number of unbranched alkanes of at least 4 members (excludes halogenated alkanes) is 1. The van der Waals surface area contributed by atoms with E-state index in [1.807, 2.05) is 18.7 Å². The monoisotopic (exact) mass is 519 g/mol. The highest BCUT2D eigenvalue weighted by atomic mass is 32.2. The molecule has 12 heteroatoms. The Morgan fingerprint density at radius 1 is 1.00 bits per heavy atom. The van der Waals surface area contributed by atoms with Gasteiger partial charge < -0.3 is 25.7 Å². The predicted octanol–water partition coefficient (Wildman–Crippen LogP) is 2.16. The van der Waals surface area contributed by atoms with Crippen LogP contribution in [-0.2, 0) is 14.4 Å².